The van der Waals surface area contributed by atoms with Gasteiger partial charge in [-0.3, -0.25) is 0 Å². The van der Waals surface area contributed by atoms with Crippen molar-refractivity contribution in [1.29, 1.82) is 0 Å². The number of benzene rings is 1. The summed E-state index contributed by atoms with van der Waals surface area (Å²) < 4.78 is 5.32. The number of rotatable bonds is 2. The fraction of sp³-hybridized carbons (Fsp3) is 0.385. The minimum atomic E-state index is 0.305. The van der Waals surface area contributed by atoms with E-state index in [-0.39, 0.29) is 0 Å². The Kier molecular flexibility index (Phi) is 2.02. The number of nitrogens with two attached hydrogens (primary N) is 1. The molecule has 3 rings (SSSR count). The Bertz CT molecular complexity index is 559. The van der Waals surface area contributed by atoms with Crippen molar-refractivity contribution in [3.8, 4) is 11.4 Å². The highest BCUT2D eigenvalue weighted by Crippen LogP contribution is 2.58. The second-order valence-corrected chi connectivity index (χ2v) is 5.33. The minimum absolute atomic E-state index is 0.305. The van der Waals surface area contributed by atoms with E-state index in [4.69, 9.17) is 10.3 Å². The number of anilines is 1. The predicted molar refractivity (Wildman–Crippen MR) is 65.3 cm³/mol. The highest BCUT2D eigenvalue weighted by molar-refractivity contribution is 5.60. The summed E-state index contributed by atoms with van der Waals surface area (Å²) in [4.78, 5) is 4.45. The maximum absolute atomic E-state index is 5.73. The summed E-state index contributed by atoms with van der Waals surface area (Å²) in [5.74, 6) is 1.77. The average Bonchev–Trinajstić information content (AvgIpc) is 2.76. The van der Waals surface area contributed by atoms with Crippen molar-refractivity contribution >= 4 is 5.69 Å². The Morgan fingerprint density at radius 2 is 2.18 bits per heavy atom. The van der Waals surface area contributed by atoms with Crippen LogP contribution in [0.4, 0.5) is 5.69 Å². The van der Waals surface area contributed by atoms with Crippen molar-refractivity contribution in [2.45, 2.75) is 26.2 Å². The monoisotopic (exact) mass is 229 g/mol. The van der Waals surface area contributed by atoms with Gasteiger partial charge in [-0.2, -0.15) is 4.98 Å². The Morgan fingerprint density at radius 3 is 2.82 bits per heavy atom. The lowest BCUT2D eigenvalue weighted by molar-refractivity contribution is 0.368. The standard InChI is InChI=1S/C13H15N3O/c1-13(2)7-10(13)12-15-11(16-17-12)8-4-3-5-9(14)6-8/h3-6,10H,7,14H2,1-2H3. The summed E-state index contributed by atoms with van der Waals surface area (Å²) in [5, 5.41) is 4.01. The van der Waals surface area contributed by atoms with Gasteiger partial charge in [0, 0.05) is 17.2 Å². The smallest absolute Gasteiger partial charge is 0.230 e. The van der Waals surface area contributed by atoms with Crippen molar-refractivity contribution < 1.29 is 4.52 Å². The van der Waals surface area contributed by atoms with Crippen LogP contribution in [0.25, 0.3) is 11.4 Å². The van der Waals surface area contributed by atoms with E-state index < -0.39 is 0 Å². The first kappa shape index (κ1) is 10.3. The predicted octanol–water partition coefficient (Wildman–Crippen LogP) is 2.83. The number of hydrogen-bond acceptors (Lipinski definition) is 4. The zero-order chi connectivity index (χ0) is 12.0. The van der Waals surface area contributed by atoms with Crippen molar-refractivity contribution in [3.63, 3.8) is 0 Å². The lowest BCUT2D eigenvalue weighted by Gasteiger charge is -1.96. The van der Waals surface area contributed by atoms with Gasteiger partial charge in [-0.15, -0.1) is 0 Å². The van der Waals surface area contributed by atoms with Crippen LogP contribution in [-0.2, 0) is 0 Å². The molecule has 0 radical (unpaired) electrons. The van der Waals surface area contributed by atoms with Gasteiger partial charge >= 0.3 is 0 Å². The van der Waals surface area contributed by atoms with Gasteiger partial charge < -0.3 is 10.3 Å². The lowest BCUT2D eigenvalue weighted by atomic mass is 10.1. The van der Waals surface area contributed by atoms with Gasteiger partial charge in [0.1, 0.15) is 0 Å². The van der Waals surface area contributed by atoms with E-state index in [1.54, 1.807) is 0 Å². The molecule has 0 spiro atoms. The van der Waals surface area contributed by atoms with E-state index >= 15 is 0 Å². The van der Waals surface area contributed by atoms with Crippen LogP contribution in [0.5, 0.6) is 0 Å². The van der Waals surface area contributed by atoms with Gasteiger partial charge in [-0.25, -0.2) is 0 Å². The Hall–Kier alpha value is -1.84. The third-order valence-corrected chi connectivity index (χ3v) is 3.40. The highest BCUT2D eigenvalue weighted by atomic mass is 16.5. The quantitative estimate of drug-likeness (QED) is 0.804. The van der Waals surface area contributed by atoms with Crippen molar-refractivity contribution in [1.82, 2.24) is 10.1 Å². The fourth-order valence-corrected chi connectivity index (χ4v) is 2.06. The molecular formula is C13H15N3O. The number of nitrogens with zero attached hydrogens (tertiary/aromatic N) is 2. The molecule has 1 aliphatic rings. The van der Waals surface area contributed by atoms with Crippen LogP contribution in [0, 0.1) is 5.41 Å². The van der Waals surface area contributed by atoms with Crippen molar-refractivity contribution in [2.75, 3.05) is 5.73 Å². The van der Waals surface area contributed by atoms with Crippen LogP contribution in [0.15, 0.2) is 28.8 Å². The zero-order valence-corrected chi connectivity index (χ0v) is 9.97. The molecule has 0 amide bonds. The molecule has 4 heteroatoms. The Morgan fingerprint density at radius 1 is 1.41 bits per heavy atom. The molecule has 1 saturated carbocycles. The maximum Gasteiger partial charge on any atom is 0.230 e. The van der Waals surface area contributed by atoms with E-state index in [0.717, 1.165) is 17.9 Å². The van der Waals surface area contributed by atoms with E-state index in [1.165, 1.54) is 0 Å². The molecule has 4 nitrogen and oxygen atoms in total. The van der Waals surface area contributed by atoms with E-state index in [0.29, 0.717) is 22.8 Å². The first-order valence-corrected chi connectivity index (χ1v) is 5.76. The Balaban J connectivity index is 1.91. The third-order valence-electron chi connectivity index (χ3n) is 3.40. The van der Waals surface area contributed by atoms with E-state index in [2.05, 4.69) is 24.0 Å². The second kappa shape index (κ2) is 3.32. The molecule has 0 bridgehead atoms. The van der Waals surface area contributed by atoms with Crippen LogP contribution >= 0.6 is 0 Å². The van der Waals surface area contributed by atoms with E-state index in [9.17, 15) is 0 Å². The molecule has 1 aromatic heterocycles. The van der Waals surface area contributed by atoms with Gasteiger partial charge in [-0.1, -0.05) is 31.1 Å². The van der Waals surface area contributed by atoms with Gasteiger partial charge in [0.25, 0.3) is 0 Å². The topological polar surface area (TPSA) is 64.9 Å². The molecule has 2 N–H and O–H groups in total. The second-order valence-electron chi connectivity index (χ2n) is 5.33. The van der Waals surface area contributed by atoms with Gasteiger partial charge in [0.2, 0.25) is 11.7 Å². The molecule has 1 aromatic carbocycles. The summed E-state index contributed by atoms with van der Waals surface area (Å²) in [6.45, 7) is 4.42. The van der Waals surface area contributed by atoms with Crippen LogP contribution in [0.3, 0.4) is 0 Å². The summed E-state index contributed by atoms with van der Waals surface area (Å²) in [6, 6.07) is 7.52. The zero-order valence-electron chi connectivity index (χ0n) is 9.97. The van der Waals surface area contributed by atoms with Crippen LogP contribution < -0.4 is 5.73 Å². The van der Waals surface area contributed by atoms with Crippen molar-refractivity contribution in [2.24, 2.45) is 5.41 Å². The first-order valence-electron chi connectivity index (χ1n) is 5.76. The molecule has 1 aliphatic carbocycles. The molecule has 1 fully saturated rings. The molecule has 0 saturated heterocycles. The third kappa shape index (κ3) is 1.79. The van der Waals surface area contributed by atoms with Crippen LogP contribution in [0.2, 0.25) is 0 Å². The molecular weight excluding hydrogens is 214 g/mol. The van der Waals surface area contributed by atoms with Crippen LogP contribution in [0.1, 0.15) is 32.1 Å². The highest BCUT2D eigenvalue weighted by Gasteiger charge is 2.50. The summed E-state index contributed by atoms with van der Waals surface area (Å²) in [6.07, 6.45) is 1.12. The molecule has 88 valence electrons. The van der Waals surface area contributed by atoms with E-state index in [1.807, 2.05) is 24.3 Å². The SMILES string of the molecule is CC1(C)CC1c1nc(-c2cccc(N)c2)no1. The molecule has 1 unspecified atom stereocenters. The molecule has 17 heavy (non-hydrogen) atoms. The van der Waals surface area contributed by atoms with Gasteiger partial charge in [0.15, 0.2) is 0 Å². The van der Waals surface area contributed by atoms with Gasteiger partial charge in [0.05, 0.1) is 0 Å². The van der Waals surface area contributed by atoms with Crippen molar-refractivity contribution in [3.05, 3.63) is 30.2 Å². The number of aromatic nitrogens is 2. The normalized spacial score (nSPS) is 21.4. The maximum atomic E-state index is 5.73. The Labute approximate surface area is 99.8 Å². The molecule has 0 aliphatic heterocycles. The summed E-state index contributed by atoms with van der Waals surface area (Å²) >= 11 is 0. The molecule has 1 atom stereocenters. The average molecular weight is 229 g/mol. The minimum Gasteiger partial charge on any atom is -0.399 e. The number of nitrogen functional groups attached to an aromatic ring is 1. The largest absolute Gasteiger partial charge is 0.399 e. The fourth-order valence-electron chi connectivity index (χ4n) is 2.06. The number of hydrogen-bond donors (Lipinski definition) is 1. The molecule has 2 aromatic rings. The first-order chi connectivity index (χ1) is 8.06. The lowest BCUT2D eigenvalue weighted by Crippen LogP contribution is -1.90. The van der Waals surface area contributed by atoms with Crippen LogP contribution in [-0.4, -0.2) is 10.1 Å². The van der Waals surface area contributed by atoms with Gasteiger partial charge in [-0.05, 0) is 24.0 Å². The summed E-state index contributed by atoms with van der Waals surface area (Å²) in [5.41, 5.74) is 7.65. The molecule has 1 heterocycles. The summed E-state index contributed by atoms with van der Waals surface area (Å²) in [7, 11) is 0.